The summed E-state index contributed by atoms with van der Waals surface area (Å²) >= 11 is 0. The molecule has 36 heavy (non-hydrogen) atoms. The van der Waals surface area contributed by atoms with Crippen LogP contribution in [-0.2, 0) is 17.6 Å². The van der Waals surface area contributed by atoms with E-state index in [1.807, 2.05) is 13.8 Å². The van der Waals surface area contributed by atoms with E-state index in [1.165, 1.54) is 7.11 Å². The fourth-order valence-electron chi connectivity index (χ4n) is 4.94. The van der Waals surface area contributed by atoms with Gasteiger partial charge >= 0.3 is 0 Å². The maximum Gasteiger partial charge on any atom is 0.202 e. The van der Waals surface area contributed by atoms with Gasteiger partial charge in [0.25, 0.3) is 0 Å². The van der Waals surface area contributed by atoms with Crippen molar-refractivity contribution in [1.82, 2.24) is 0 Å². The molecule has 4 N–H and O–H groups in total. The molecule has 2 aromatic carbocycles. The number of benzene rings is 2. The molecule has 196 valence electrons. The first-order valence-electron chi connectivity index (χ1n) is 12.5. The number of phenolic OH excluding ortho intramolecular Hbond substituents is 2. The summed E-state index contributed by atoms with van der Waals surface area (Å²) < 4.78 is 10.1. The van der Waals surface area contributed by atoms with Crippen LogP contribution in [0, 0.1) is 5.92 Å². The molecule has 1 saturated heterocycles. The van der Waals surface area contributed by atoms with E-state index in [0.717, 1.165) is 6.42 Å². The molecular formula is C28H36O8. The third-order valence-corrected chi connectivity index (χ3v) is 6.89. The van der Waals surface area contributed by atoms with Gasteiger partial charge in [0.1, 0.15) is 17.2 Å². The van der Waals surface area contributed by atoms with Crippen LogP contribution >= 0.6 is 0 Å². The minimum Gasteiger partial charge on any atom is -0.507 e. The highest BCUT2D eigenvalue weighted by Crippen LogP contribution is 2.47. The van der Waals surface area contributed by atoms with Gasteiger partial charge in [0.15, 0.2) is 12.1 Å². The number of carbonyl (C=O) groups is 2. The number of hydrogen-bond acceptors (Lipinski definition) is 8. The Bertz CT molecular complexity index is 1140. The molecule has 8 heteroatoms. The van der Waals surface area contributed by atoms with E-state index in [9.17, 15) is 19.8 Å². The highest BCUT2D eigenvalue weighted by atomic mass is 16.6. The smallest absolute Gasteiger partial charge is 0.202 e. The van der Waals surface area contributed by atoms with Gasteiger partial charge in [-0.15, -0.1) is 0 Å². The molecule has 1 fully saturated rings. The summed E-state index contributed by atoms with van der Waals surface area (Å²) in [5.41, 5.74) is 1.30. The van der Waals surface area contributed by atoms with Crippen LogP contribution in [0.3, 0.4) is 0 Å². The number of aliphatic hydroxyl groups is 2. The molecule has 4 atom stereocenters. The van der Waals surface area contributed by atoms with E-state index in [1.54, 1.807) is 25.1 Å². The van der Waals surface area contributed by atoms with Crippen LogP contribution in [0.15, 0.2) is 18.2 Å². The number of aromatic hydroxyl groups is 2. The molecule has 0 amide bonds. The van der Waals surface area contributed by atoms with Gasteiger partial charge in [-0.2, -0.15) is 0 Å². The molecule has 0 aromatic heterocycles. The molecule has 3 aliphatic rings. The van der Waals surface area contributed by atoms with Crippen LogP contribution in [0.2, 0.25) is 0 Å². The molecule has 2 aromatic rings. The van der Waals surface area contributed by atoms with Crippen molar-refractivity contribution in [3.8, 4) is 17.2 Å². The molecule has 0 spiro atoms. The van der Waals surface area contributed by atoms with Crippen molar-refractivity contribution in [3.63, 3.8) is 0 Å². The number of phenols is 2. The van der Waals surface area contributed by atoms with E-state index in [-0.39, 0.29) is 45.6 Å². The van der Waals surface area contributed by atoms with Gasteiger partial charge in [0.05, 0.1) is 36.0 Å². The Labute approximate surface area is 211 Å². The lowest BCUT2D eigenvalue weighted by atomic mass is 9.76. The average molecular weight is 501 g/mol. The summed E-state index contributed by atoms with van der Waals surface area (Å²) in [5, 5.41) is 39.4. The van der Waals surface area contributed by atoms with Crippen LogP contribution in [0.4, 0.5) is 0 Å². The zero-order valence-electron chi connectivity index (χ0n) is 21.5. The topological polar surface area (TPSA) is 134 Å². The molecular weight excluding hydrogens is 464 g/mol. The lowest BCUT2D eigenvalue weighted by Gasteiger charge is -2.28. The Morgan fingerprint density at radius 3 is 2.14 bits per heavy atom. The van der Waals surface area contributed by atoms with Crippen LogP contribution in [0.25, 0.3) is 0 Å². The van der Waals surface area contributed by atoms with Crippen molar-refractivity contribution < 1.29 is 39.5 Å². The predicted molar refractivity (Wildman–Crippen MR) is 134 cm³/mol. The summed E-state index contributed by atoms with van der Waals surface area (Å²) in [4.78, 5) is 26.0. The van der Waals surface area contributed by atoms with Gasteiger partial charge in [-0.1, -0.05) is 32.9 Å². The highest BCUT2D eigenvalue weighted by Gasteiger charge is 2.40. The summed E-state index contributed by atoms with van der Waals surface area (Å²) in [6.07, 6.45) is 1.93. The molecule has 0 saturated carbocycles. The van der Waals surface area contributed by atoms with Crippen molar-refractivity contribution in [2.75, 3.05) is 7.11 Å². The van der Waals surface area contributed by atoms with E-state index < -0.39 is 24.0 Å². The Morgan fingerprint density at radius 1 is 0.889 bits per heavy atom. The van der Waals surface area contributed by atoms with Crippen LogP contribution in [0.5, 0.6) is 17.2 Å². The van der Waals surface area contributed by atoms with Gasteiger partial charge in [-0.3, -0.25) is 9.59 Å². The summed E-state index contributed by atoms with van der Waals surface area (Å²) in [7, 11) is 1.43. The van der Waals surface area contributed by atoms with Crippen molar-refractivity contribution in [2.45, 2.75) is 78.3 Å². The quantitative estimate of drug-likeness (QED) is 0.370. The first-order chi connectivity index (χ1) is 17.1. The summed E-state index contributed by atoms with van der Waals surface area (Å²) in [6.45, 7) is 7.82. The highest BCUT2D eigenvalue weighted by molar-refractivity contribution is 6.31. The zero-order chi connectivity index (χ0) is 26.7. The molecule has 1 aliphatic heterocycles. The number of rotatable bonds is 1. The van der Waals surface area contributed by atoms with Crippen molar-refractivity contribution in [2.24, 2.45) is 5.92 Å². The number of ether oxygens (including phenoxy) is 2. The molecule has 0 bridgehead atoms. The predicted octanol–water partition coefficient (Wildman–Crippen LogP) is 3.90. The van der Waals surface area contributed by atoms with E-state index in [4.69, 9.17) is 19.7 Å². The number of aliphatic hydroxyl groups excluding tert-OH is 2. The van der Waals surface area contributed by atoms with Crippen molar-refractivity contribution in [1.29, 1.82) is 0 Å². The van der Waals surface area contributed by atoms with E-state index in [2.05, 4.69) is 6.92 Å². The second-order valence-corrected chi connectivity index (χ2v) is 9.23. The number of methoxy groups -OCH3 is 1. The first-order valence-corrected chi connectivity index (χ1v) is 12.5. The molecule has 2 aliphatic carbocycles. The maximum absolute atomic E-state index is 13.1. The molecule has 0 radical (unpaired) electrons. The summed E-state index contributed by atoms with van der Waals surface area (Å²) in [5.74, 6) is -0.663. The Morgan fingerprint density at radius 2 is 1.53 bits per heavy atom. The number of ketones is 2. The summed E-state index contributed by atoms with van der Waals surface area (Å²) in [6, 6.07) is 4.77. The molecule has 3 unspecified atom stereocenters. The van der Waals surface area contributed by atoms with Crippen LogP contribution in [-0.4, -0.2) is 57.6 Å². The fourth-order valence-corrected chi connectivity index (χ4v) is 4.94. The standard InChI is InChI=1S/C20H18O5.C6H12O3.C2H6/c1-9-6-7-10-12(8-9)19(23)15-16(17(10)21)20(24)14-11(18(15)22)4-3-5-13(14)25-2;1-4-5(7)2-3-6(8)9-4;1-2/h3-5,9,21,23H,6-8H2,1-2H3;4-8H,2-3H2,1H3;1-2H3/t;4-,5?,6?;/m.0./s1. The van der Waals surface area contributed by atoms with Gasteiger partial charge in [-0.25, -0.2) is 0 Å². The van der Waals surface area contributed by atoms with Crippen molar-refractivity contribution >= 4 is 11.6 Å². The van der Waals surface area contributed by atoms with Gasteiger partial charge in [0, 0.05) is 23.1 Å². The third-order valence-electron chi connectivity index (χ3n) is 6.89. The van der Waals surface area contributed by atoms with Crippen molar-refractivity contribution in [3.05, 3.63) is 51.6 Å². The maximum atomic E-state index is 13.1. The second kappa shape index (κ2) is 11.4. The van der Waals surface area contributed by atoms with Gasteiger partial charge < -0.3 is 29.9 Å². The minimum absolute atomic E-state index is 0.0869. The fraction of sp³-hybridized carbons (Fsp3) is 0.500. The lowest BCUT2D eigenvalue weighted by Crippen LogP contribution is -2.36. The average Bonchev–Trinajstić information content (AvgIpc) is 2.88. The molecule has 8 nitrogen and oxygen atoms in total. The Balaban J connectivity index is 0.000000276. The monoisotopic (exact) mass is 500 g/mol. The number of carbonyl (C=O) groups excluding carboxylic acids is 2. The Kier molecular flexibility index (Phi) is 8.76. The van der Waals surface area contributed by atoms with Gasteiger partial charge in [0.2, 0.25) is 5.78 Å². The second-order valence-electron chi connectivity index (χ2n) is 9.23. The minimum atomic E-state index is -0.664. The zero-order valence-corrected chi connectivity index (χ0v) is 21.5. The normalized spacial score (nSPS) is 24.2. The lowest BCUT2D eigenvalue weighted by molar-refractivity contribution is -0.192. The molecule has 1 heterocycles. The Hall–Kier alpha value is -2.94. The third kappa shape index (κ3) is 4.98. The van der Waals surface area contributed by atoms with E-state index >= 15 is 0 Å². The van der Waals surface area contributed by atoms with E-state index in [0.29, 0.717) is 42.7 Å². The van der Waals surface area contributed by atoms with Crippen LogP contribution < -0.4 is 4.74 Å². The number of hydrogen-bond donors (Lipinski definition) is 4. The SMILES string of the molecule is CC.COc1cccc2c1C(=O)c1c(O)c3c(c(O)c1C2=O)CC(C)CC3.C[C@@H]1OC(O)CCC1O. The largest absolute Gasteiger partial charge is 0.507 e. The number of fused-ring (bicyclic) bond motifs is 3. The first kappa shape index (κ1) is 27.6. The molecule has 5 rings (SSSR count). The van der Waals surface area contributed by atoms with Gasteiger partial charge in [-0.05, 0) is 44.6 Å². The van der Waals surface area contributed by atoms with Crippen LogP contribution in [0.1, 0.15) is 89.9 Å².